The Balaban J connectivity index is 1.66. The van der Waals surface area contributed by atoms with Gasteiger partial charge < -0.3 is 14.4 Å². The van der Waals surface area contributed by atoms with E-state index in [9.17, 15) is 4.79 Å². The highest BCUT2D eigenvalue weighted by atomic mass is 16.5. The van der Waals surface area contributed by atoms with E-state index in [0.29, 0.717) is 23.1 Å². The number of aromatic nitrogens is 2. The molecule has 0 bridgehead atoms. The summed E-state index contributed by atoms with van der Waals surface area (Å²) in [6.07, 6.45) is 2.15. The molecule has 1 fully saturated rings. The second-order valence-corrected chi connectivity index (χ2v) is 4.79. The number of carbonyl (C=O) groups is 1. The highest BCUT2D eigenvalue weighted by molar-refractivity contribution is 5.71. The van der Waals surface area contributed by atoms with E-state index in [4.69, 9.17) is 14.4 Å². The number of aliphatic carboxylic acids is 1. The van der Waals surface area contributed by atoms with Crippen LogP contribution in [0.25, 0.3) is 0 Å². The Bertz CT molecular complexity index is 619. The fourth-order valence-electron chi connectivity index (χ4n) is 1.93. The summed E-state index contributed by atoms with van der Waals surface area (Å²) < 4.78 is 10.7. The van der Waals surface area contributed by atoms with Crippen LogP contribution in [0.15, 0.2) is 28.8 Å². The Kier molecular flexibility index (Phi) is 3.37. The van der Waals surface area contributed by atoms with Crippen molar-refractivity contribution >= 4 is 5.97 Å². The van der Waals surface area contributed by atoms with Crippen LogP contribution in [-0.4, -0.2) is 21.2 Å². The second kappa shape index (κ2) is 5.32. The third-order valence-electron chi connectivity index (χ3n) is 3.09. The van der Waals surface area contributed by atoms with Gasteiger partial charge in [0.25, 0.3) is 5.89 Å². The van der Waals surface area contributed by atoms with Gasteiger partial charge in [-0.3, -0.25) is 4.79 Å². The minimum atomic E-state index is -0.894. The maximum absolute atomic E-state index is 10.8. The van der Waals surface area contributed by atoms with Gasteiger partial charge >= 0.3 is 5.97 Å². The molecule has 1 aromatic heterocycles. The summed E-state index contributed by atoms with van der Waals surface area (Å²) in [5.74, 6) is 1.22. The van der Waals surface area contributed by atoms with Crippen molar-refractivity contribution in [3.63, 3.8) is 0 Å². The lowest BCUT2D eigenvalue weighted by Crippen LogP contribution is -2.04. The van der Waals surface area contributed by atoms with Gasteiger partial charge in [-0.25, -0.2) is 0 Å². The predicted octanol–water partition coefficient (Wildman–Crippen LogP) is 2.15. The molecule has 0 radical (unpaired) electrons. The molecule has 0 aliphatic heterocycles. The van der Waals surface area contributed by atoms with Crippen molar-refractivity contribution in [2.75, 3.05) is 0 Å². The minimum absolute atomic E-state index is 0.0761. The van der Waals surface area contributed by atoms with Crippen molar-refractivity contribution in [1.29, 1.82) is 0 Å². The van der Waals surface area contributed by atoms with Gasteiger partial charge in [-0.2, -0.15) is 4.98 Å². The molecule has 1 aromatic carbocycles. The number of carboxylic acid groups (broad SMARTS) is 1. The molecule has 0 amide bonds. The van der Waals surface area contributed by atoms with E-state index in [0.717, 1.165) is 18.7 Å². The molecule has 20 heavy (non-hydrogen) atoms. The lowest BCUT2D eigenvalue weighted by molar-refractivity contribution is -0.136. The van der Waals surface area contributed by atoms with Crippen LogP contribution in [0.5, 0.6) is 5.75 Å². The average Bonchev–Trinajstić information content (AvgIpc) is 3.17. The number of para-hydroxylation sites is 1. The Morgan fingerprint density at radius 1 is 1.40 bits per heavy atom. The van der Waals surface area contributed by atoms with Gasteiger partial charge in [0, 0.05) is 11.5 Å². The van der Waals surface area contributed by atoms with Gasteiger partial charge in [-0.05, 0) is 18.9 Å². The zero-order valence-corrected chi connectivity index (χ0v) is 10.8. The normalized spacial score (nSPS) is 14.2. The third-order valence-corrected chi connectivity index (χ3v) is 3.09. The van der Waals surface area contributed by atoms with Gasteiger partial charge in [-0.15, -0.1) is 0 Å². The van der Waals surface area contributed by atoms with Crippen molar-refractivity contribution in [2.24, 2.45) is 0 Å². The van der Waals surface area contributed by atoms with E-state index in [1.807, 2.05) is 0 Å². The molecule has 3 rings (SSSR count). The smallest absolute Gasteiger partial charge is 0.307 e. The molecule has 1 aliphatic carbocycles. The van der Waals surface area contributed by atoms with Gasteiger partial charge in [0.2, 0.25) is 0 Å². The molecule has 2 aromatic rings. The Hall–Kier alpha value is -2.37. The van der Waals surface area contributed by atoms with Crippen molar-refractivity contribution in [3.8, 4) is 5.75 Å². The average molecular weight is 274 g/mol. The summed E-state index contributed by atoms with van der Waals surface area (Å²) in [5, 5.41) is 12.8. The van der Waals surface area contributed by atoms with Gasteiger partial charge in [0.05, 0.1) is 6.42 Å². The van der Waals surface area contributed by atoms with Crippen LogP contribution < -0.4 is 4.74 Å². The first kappa shape index (κ1) is 12.7. The van der Waals surface area contributed by atoms with Crippen LogP contribution in [0, 0.1) is 0 Å². The molecule has 1 heterocycles. The fraction of sp³-hybridized carbons (Fsp3) is 0.357. The highest BCUT2D eigenvalue weighted by Gasteiger charge is 2.28. The van der Waals surface area contributed by atoms with E-state index < -0.39 is 5.97 Å². The maximum atomic E-state index is 10.8. The first-order valence-corrected chi connectivity index (χ1v) is 6.47. The van der Waals surface area contributed by atoms with Crippen LogP contribution in [0.4, 0.5) is 0 Å². The molecule has 0 saturated heterocycles. The number of rotatable bonds is 6. The lowest BCUT2D eigenvalue weighted by atomic mass is 10.1. The Labute approximate surface area is 115 Å². The predicted molar refractivity (Wildman–Crippen MR) is 68.4 cm³/mol. The molecule has 6 nitrogen and oxygen atoms in total. The first-order valence-electron chi connectivity index (χ1n) is 6.47. The molecule has 1 aliphatic rings. The maximum Gasteiger partial charge on any atom is 0.307 e. The molecule has 0 unspecified atom stereocenters. The van der Waals surface area contributed by atoms with Crippen molar-refractivity contribution in [3.05, 3.63) is 41.5 Å². The third kappa shape index (κ3) is 2.96. The fourth-order valence-corrected chi connectivity index (χ4v) is 1.93. The second-order valence-electron chi connectivity index (χ2n) is 4.79. The number of nitrogens with zero attached hydrogens (tertiary/aromatic N) is 2. The molecular weight excluding hydrogens is 260 g/mol. The summed E-state index contributed by atoms with van der Waals surface area (Å²) in [6.45, 7) is 0.149. The summed E-state index contributed by atoms with van der Waals surface area (Å²) in [5.41, 5.74) is 0.627. The van der Waals surface area contributed by atoms with Crippen molar-refractivity contribution in [1.82, 2.24) is 10.1 Å². The van der Waals surface area contributed by atoms with Gasteiger partial charge in [0.15, 0.2) is 12.4 Å². The highest BCUT2D eigenvalue weighted by Crippen LogP contribution is 2.38. The molecule has 1 saturated carbocycles. The monoisotopic (exact) mass is 274 g/mol. The number of hydrogen-bond acceptors (Lipinski definition) is 5. The van der Waals surface area contributed by atoms with Crippen LogP contribution >= 0.6 is 0 Å². The van der Waals surface area contributed by atoms with E-state index in [2.05, 4.69) is 10.1 Å². The summed E-state index contributed by atoms with van der Waals surface area (Å²) in [4.78, 5) is 15.0. The van der Waals surface area contributed by atoms with Gasteiger partial charge in [0.1, 0.15) is 5.75 Å². The summed E-state index contributed by atoms with van der Waals surface area (Å²) in [6, 6.07) is 7.04. The molecule has 0 spiro atoms. The molecular formula is C14H14N2O4. The van der Waals surface area contributed by atoms with Gasteiger partial charge in [-0.1, -0.05) is 23.4 Å². The quantitative estimate of drug-likeness (QED) is 0.868. The van der Waals surface area contributed by atoms with Crippen LogP contribution in [0.2, 0.25) is 0 Å². The zero-order chi connectivity index (χ0) is 13.9. The molecule has 104 valence electrons. The van der Waals surface area contributed by atoms with Crippen LogP contribution in [0.3, 0.4) is 0 Å². The van der Waals surface area contributed by atoms with E-state index in [1.165, 1.54) is 0 Å². The lowest BCUT2D eigenvalue weighted by Gasteiger charge is -2.07. The SMILES string of the molecule is O=C(O)Cc1ccccc1OCc1nc(C2CC2)no1. The molecule has 0 atom stereocenters. The zero-order valence-electron chi connectivity index (χ0n) is 10.8. The summed E-state index contributed by atoms with van der Waals surface area (Å²) >= 11 is 0. The van der Waals surface area contributed by atoms with Crippen LogP contribution in [0.1, 0.15) is 36.0 Å². The molecule has 1 N–H and O–H groups in total. The van der Waals surface area contributed by atoms with E-state index in [-0.39, 0.29) is 13.0 Å². The number of carboxylic acids is 1. The number of hydrogen-bond donors (Lipinski definition) is 1. The summed E-state index contributed by atoms with van der Waals surface area (Å²) in [7, 11) is 0. The Morgan fingerprint density at radius 2 is 2.20 bits per heavy atom. The van der Waals surface area contributed by atoms with E-state index in [1.54, 1.807) is 24.3 Å². The van der Waals surface area contributed by atoms with Crippen LogP contribution in [-0.2, 0) is 17.8 Å². The first-order chi connectivity index (χ1) is 9.72. The standard InChI is InChI=1S/C14H14N2O4/c17-13(18)7-10-3-1-2-4-11(10)19-8-12-15-14(16-20-12)9-5-6-9/h1-4,9H,5-8H2,(H,17,18). The van der Waals surface area contributed by atoms with Crippen molar-refractivity contribution < 1.29 is 19.2 Å². The number of ether oxygens (including phenoxy) is 1. The largest absolute Gasteiger partial charge is 0.483 e. The van der Waals surface area contributed by atoms with E-state index >= 15 is 0 Å². The minimum Gasteiger partial charge on any atom is -0.483 e. The number of benzene rings is 1. The Morgan fingerprint density at radius 3 is 2.95 bits per heavy atom. The van der Waals surface area contributed by atoms with Crippen molar-refractivity contribution in [2.45, 2.75) is 31.8 Å². The molecule has 6 heteroatoms. The topological polar surface area (TPSA) is 85.5 Å².